The Morgan fingerprint density at radius 1 is 1.35 bits per heavy atom. The van der Waals surface area contributed by atoms with Gasteiger partial charge in [0.25, 0.3) is 0 Å². The van der Waals surface area contributed by atoms with Crippen LogP contribution in [0.1, 0.15) is 18.2 Å². The number of rotatable bonds is 5. The van der Waals surface area contributed by atoms with Crippen LogP contribution in [-0.2, 0) is 13.0 Å². The minimum Gasteiger partial charge on any atom is -0.299 e. The van der Waals surface area contributed by atoms with Crippen LogP contribution in [0.5, 0.6) is 0 Å². The van der Waals surface area contributed by atoms with Crippen molar-refractivity contribution >= 4 is 11.3 Å². The van der Waals surface area contributed by atoms with Crippen molar-refractivity contribution in [3.8, 4) is 0 Å². The molecule has 1 atom stereocenters. The second kappa shape index (κ2) is 5.94. The minimum atomic E-state index is 0.504. The number of aromatic nitrogens is 1. The summed E-state index contributed by atoms with van der Waals surface area (Å²) in [6.07, 6.45) is 2.86. The molecule has 0 radical (unpaired) electrons. The molecular formula is C14H18N2S. The lowest BCUT2D eigenvalue weighted by Crippen LogP contribution is -2.30. The third kappa shape index (κ3) is 3.65. The Labute approximate surface area is 107 Å². The van der Waals surface area contributed by atoms with E-state index in [1.807, 2.05) is 18.3 Å². The SMILES string of the molecule is CC(Cc1ccccn1)N(C)Cc1ccsc1. The van der Waals surface area contributed by atoms with Gasteiger partial charge in [-0.3, -0.25) is 9.88 Å². The van der Waals surface area contributed by atoms with Crippen molar-refractivity contribution < 1.29 is 0 Å². The highest BCUT2D eigenvalue weighted by molar-refractivity contribution is 7.07. The Kier molecular flexibility index (Phi) is 4.29. The van der Waals surface area contributed by atoms with E-state index in [2.05, 4.69) is 46.7 Å². The molecule has 2 heterocycles. The number of nitrogens with zero attached hydrogens (tertiary/aromatic N) is 2. The fourth-order valence-electron chi connectivity index (χ4n) is 1.80. The largest absolute Gasteiger partial charge is 0.299 e. The summed E-state index contributed by atoms with van der Waals surface area (Å²) in [4.78, 5) is 6.75. The summed E-state index contributed by atoms with van der Waals surface area (Å²) >= 11 is 1.76. The van der Waals surface area contributed by atoms with E-state index in [1.165, 1.54) is 5.56 Å². The highest BCUT2D eigenvalue weighted by Crippen LogP contribution is 2.12. The summed E-state index contributed by atoms with van der Waals surface area (Å²) in [5.41, 5.74) is 2.56. The van der Waals surface area contributed by atoms with E-state index in [9.17, 15) is 0 Å². The molecule has 0 saturated carbocycles. The third-order valence-corrected chi connectivity index (χ3v) is 3.73. The van der Waals surface area contributed by atoms with Gasteiger partial charge in [0, 0.05) is 30.9 Å². The van der Waals surface area contributed by atoms with Crippen LogP contribution in [0, 0.1) is 0 Å². The molecule has 0 spiro atoms. The molecule has 2 nitrogen and oxygen atoms in total. The zero-order valence-corrected chi connectivity index (χ0v) is 11.2. The summed E-state index contributed by atoms with van der Waals surface area (Å²) < 4.78 is 0. The standard InChI is InChI=1S/C14H18N2S/c1-12(9-14-5-3-4-7-15-14)16(2)10-13-6-8-17-11-13/h3-8,11-12H,9-10H2,1-2H3. The van der Waals surface area contributed by atoms with E-state index >= 15 is 0 Å². The summed E-state index contributed by atoms with van der Waals surface area (Å²) in [5.74, 6) is 0. The summed E-state index contributed by atoms with van der Waals surface area (Å²) in [7, 11) is 2.17. The van der Waals surface area contributed by atoms with Gasteiger partial charge in [-0.2, -0.15) is 11.3 Å². The van der Waals surface area contributed by atoms with Gasteiger partial charge in [-0.25, -0.2) is 0 Å². The predicted molar refractivity (Wildman–Crippen MR) is 73.2 cm³/mol. The quantitative estimate of drug-likeness (QED) is 0.805. The van der Waals surface area contributed by atoms with Crippen LogP contribution in [0.3, 0.4) is 0 Å². The van der Waals surface area contributed by atoms with Crippen LogP contribution in [0.15, 0.2) is 41.2 Å². The Morgan fingerprint density at radius 3 is 2.88 bits per heavy atom. The molecular weight excluding hydrogens is 228 g/mol. The lowest BCUT2D eigenvalue weighted by Gasteiger charge is -2.24. The summed E-state index contributed by atoms with van der Waals surface area (Å²) in [6, 6.07) is 8.80. The second-order valence-electron chi connectivity index (χ2n) is 4.42. The average molecular weight is 246 g/mol. The maximum Gasteiger partial charge on any atom is 0.0419 e. The molecule has 3 heteroatoms. The molecule has 0 bridgehead atoms. The Bertz CT molecular complexity index is 425. The van der Waals surface area contributed by atoms with Gasteiger partial charge in [-0.1, -0.05) is 6.07 Å². The summed E-state index contributed by atoms with van der Waals surface area (Å²) in [5, 5.41) is 4.34. The molecule has 0 amide bonds. The van der Waals surface area contributed by atoms with E-state index in [4.69, 9.17) is 0 Å². The fraction of sp³-hybridized carbons (Fsp3) is 0.357. The Balaban J connectivity index is 1.89. The topological polar surface area (TPSA) is 16.1 Å². The zero-order valence-electron chi connectivity index (χ0n) is 10.3. The van der Waals surface area contributed by atoms with Crippen molar-refractivity contribution in [2.75, 3.05) is 7.05 Å². The fourth-order valence-corrected chi connectivity index (χ4v) is 2.46. The van der Waals surface area contributed by atoms with Crippen molar-refractivity contribution in [1.29, 1.82) is 0 Å². The molecule has 17 heavy (non-hydrogen) atoms. The predicted octanol–water partition coefficient (Wildman–Crippen LogP) is 3.21. The van der Waals surface area contributed by atoms with Crippen LogP contribution >= 0.6 is 11.3 Å². The molecule has 0 N–H and O–H groups in total. The molecule has 0 aliphatic heterocycles. The van der Waals surface area contributed by atoms with E-state index in [0.29, 0.717) is 6.04 Å². The third-order valence-electron chi connectivity index (χ3n) is 3.00. The van der Waals surface area contributed by atoms with Gasteiger partial charge in [0.2, 0.25) is 0 Å². The normalized spacial score (nSPS) is 12.9. The van der Waals surface area contributed by atoms with Crippen molar-refractivity contribution in [2.24, 2.45) is 0 Å². The Hall–Kier alpha value is -1.19. The number of pyridine rings is 1. The van der Waals surface area contributed by atoms with Crippen molar-refractivity contribution in [3.05, 3.63) is 52.5 Å². The molecule has 0 saturated heterocycles. The lowest BCUT2D eigenvalue weighted by atomic mass is 10.1. The molecule has 2 aromatic rings. The van der Waals surface area contributed by atoms with Gasteiger partial charge < -0.3 is 0 Å². The average Bonchev–Trinajstić information content (AvgIpc) is 2.83. The van der Waals surface area contributed by atoms with Gasteiger partial charge in [-0.05, 0) is 48.5 Å². The molecule has 2 rings (SSSR count). The van der Waals surface area contributed by atoms with Crippen LogP contribution in [0.4, 0.5) is 0 Å². The maximum atomic E-state index is 4.37. The highest BCUT2D eigenvalue weighted by atomic mass is 32.1. The van der Waals surface area contributed by atoms with E-state index in [-0.39, 0.29) is 0 Å². The van der Waals surface area contributed by atoms with E-state index in [0.717, 1.165) is 18.7 Å². The van der Waals surface area contributed by atoms with Gasteiger partial charge in [0.05, 0.1) is 0 Å². The van der Waals surface area contributed by atoms with Crippen molar-refractivity contribution in [1.82, 2.24) is 9.88 Å². The van der Waals surface area contributed by atoms with Crippen molar-refractivity contribution in [3.63, 3.8) is 0 Å². The highest BCUT2D eigenvalue weighted by Gasteiger charge is 2.11. The smallest absolute Gasteiger partial charge is 0.0419 e. The Morgan fingerprint density at radius 2 is 2.24 bits per heavy atom. The molecule has 90 valence electrons. The molecule has 0 aliphatic rings. The first-order valence-electron chi connectivity index (χ1n) is 5.87. The first-order valence-corrected chi connectivity index (χ1v) is 6.81. The first-order chi connectivity index (χ1) is 8.25. The molecule has 0 aromatic carbocycles. The van der Waals surface area contributed by atoms with Crippen LogP contribution in [0.25, 0.3) is 0 Å². The van der Waals surface area contributed by atoms with Gasteiger partial charge in [0.1, 0.15) is 0 Å². The first kappa shape index (κ1) is 12.3. The second-order valence-corrected chi connectivity index (χ2v) is 5.20. The molecule has 0 aliphatic carbocycles. The van der Waals surface area contributed by atoms with Crippen molar-refractivity contribution in [2.45, 2.75) is 25.9 Å². The number of hydrogen-bond acceptors (Lipinski definition) is 3. The van der Waals surface area contributed by atoms with Crippen LogP contribution in [-0.4, -0.2) is 23.0 Å². The number of thiophene rings is 1. The van der Waals surface area contributed by atoms with Crippen LogP contribution < -0.4 is 0 Å². The number of hydrogen-bond donors (Lipinski definition) is 0. The maximum absolute atomic E-state index is 4.37. The summed E-state index contributed by atoms with van der Waals surface area (Å²) in [6.45, 7) is 3.26. The molecule has 0 fully saturated rings. The molecule has 1 unspecified atom stereocenters. The monoisotopic (exact) mass is 246 g/mol. The van der Waals surface area contributed by atoms with Crippen LogP contribution in [0.2, 0.25) is 0 Å². The minimum absolute atomic E-state index is 0.504. The van der Waals surface area contributed by atoms with E-state index < -0.39 is 0 Å². The molecule has 2 aromatic heterocycles. The zero-order chi connectivity index (χ0) is 12.1. The van der Waals surface area contributed by atoms with E-state index in [1.54, 1.807) is 11.3 Å². The number of likely N-dealkylation sites (N-methyl/N-ethyl adjacent to an activating group) is 1. The lowest BCUT2D eigenvalue weighted by molar-refractivity contribution is 0.247. The van der Waals surface area contributed by atoms with Gasteiger partial charge in [0.15, 0.2) is 0 Å². The van der Waals surface area contributed by atoms with Gasteiger partial charge >= 0.3 is 0 Å². The van der Waals surface area contributed by atoms with Gasteiger partial charge in [-0.15, -0.1) is 0 Å².